The van der Waals surface area contributed by atoms with E-state index in [0.717, 1.165) is 0 Å². The monoisotopic (exact) mass is 405 g/mol. The van der Waals surface area contributed by atoms with Crippen molar-refractivity contribution in [3.8, 4) is 17.2 Å². The van der Waals surface area contributed by atoms with E-state index in [1.54, 1.807) is 30.3 Å². The second kappa shape index (κ2) is 7.99. The molecule has 0 fully saturated rings. The number of carbonyl (C=O) groups is 1. The van der Waals surface area contributed by atoms with Gasteiger partial charge in [0.2, 0.25) is 11.8 Å². The lowest BCUT2D eigenvalue weighted by atomic mass is 10.2. The van der Waals surface area contributed by atoms with Gasteiger partial charge >= 0.3 is 0 Å². The number of oxazole rings is 1. The molecule has 0 atom stereocenters. The van der Waals surface area contributed by atoms with E-state index in [4.69, 9.17) is 21.1 Å². The molecule has 29 heavy (non-hydrogen) atoms. The third kappa shape index (κ3) is 4.33. The minimum Gasteiger partial charge on any atom is -0.507 e. The predicted octanol–water partition coefficient (Wildman–Crippen LogP) is 4.32. The number of carbonyl (C=O) groups excluding carboxylic acids is 1. The third-order valence-electron chi connectivity index (χ3n) is 3.96. The second-order valence-corrected chi connectivity index (χ2v) is 6.42. The summed E-state index contributed by atoms with van der Waals surface area (Å²) in [4.78, 5) is 16.3. The number of hydrogen-bond acceptors (Lipinski definition) is 6. The summed E-state index contributed by atoms with van der Waals surface area (Å²) in [6, 6.07) is 15.6. The SMILES string of the molecule is O=C(C=Cc1ccco1)NC(=S)Nc1ccc(-c2nc3ccccc3o2)c(O)c1. The molecule has 2 aromatic heterocycles. The first-order chi connectivity index (χ1) is 14.1. The number of para-hydroxylation sites is 2. The molecule has 1 amide bonds. The molecule has 0 unspecified atom stereocenters. The van der Waals surface area contributed by atoms with Crippen molar-refractivity contribution in [3.63, 3.8) is 0 Å². The number of thiocarbonyl (C=S) groups is 1. The Bertz CT molecular complexity index is 1180. The van der Waals surface area contributed by atoms with Crippen LogP contribution in [0.4, 0.5) is 5.69 Å². The molecule has 0 aliphatic heterocycles. The summed E-state index contributed by atoms with van der Waals surface area (Å²) in [6.07, 6.45) is 4.35. The lowest BCUT2D eigenvalue weighted by molar-refractivity contribution is -0.115. The van der Waals surface area contributed by atoms with Gasteiger partial charge in [0.05, 0.1) is 11.8 Å². The van der Waals surface area contributed by atoms with Gasteiger partial charge in [0.1, 0.15) is 17.0 Å². The predicted molar refractivity (Wildman–Crippen MR) is 113 cm³/mol. The molecule has 3 N–H and O–H groups in total. The summed E-state index contributed by atoms with van der Waals surface area (Å²) in [6.45, 7) is 0. The van der Waals surface area contributed by atoms with E-state index in [2.05, 4.69) is 15.6 Å². The van der Waals surface area contributed by atoms with Gasteiger partial charge in [-0.3, -0.25) is 10.1 Å². The Kier molecular flexibility index (Phi) is 5.08. The summed E-state index contributed by atoms with van der Waals surface area (Å²) in [7, 11) is 0. The summed E-state index contributed by atoms with van der Waals surface area (Å²) >= 11 is 5.13. The van der Waals surface area contributed by atoms with Crippen LogP contribution in [0.25, 0.3) is 28.6 Å². The number of fused-ring (bicyclic) bond motifs is 1. The van der Waals surface area contributed by atoms with E-state index in [1.165, 1.54) is 24.5 Å². The minimum atomic E-state index is -0.411. The van der Waals surface area contributed by atoms with Gasteiger partial charge < -0.3 is 19.3 Å². The molecule has 0 spiro atoms. The molecule has 0 bridgehead atoms. The van der Waals surface area contributed by atoms with Crippen molar-refractivity contribution >= 4 is 46.1 Å². The van der Waals surface area contributed by atoms with Crippen LogP contribution in [0.1, 0.15) is 5.76 Å². The Balaban J connectivity index is 1.42. The molecule has 7 nitrogen and oxygen atoms in total. The van der Waals surface area contributed by atoms with E-state index in [1.807, 2.05) is 18.2 Å². The number of anilines is 1. The molecule has 4 rings (SSSR count). The number of phenols is 1. The summed E-state index contributed by atoms with van der Waals surface area (Å²) in [5.41, 5.74) is 2.29. The van der Waals surface area contributed by atoms with Crippen LogP contribution < -0.4 is 10.6 Å². The normalized spacial score (nSPS) is 11.0. The molecule has 0 aliphatic carbocycles. The fourth-order valence-electron chi connectivity index (χ4n) is 2.64. The third-order valence-corrected chi connectivity index (χ3v) is 4.16. The Morgan fingerprint density at radius 3 is 2.76 bits per heavy atom. The molecule has 0 saturated carbocycles. The lowest BCUT2D eigenvalue weighted by Crippen LogP contribution is -2.32. The molecule has 0 radical (unpaired) electrons. The van der Waals surface area contributed by atoms with Crippen molar-refractivity contribution in [2.75, 3.05) is 5.32 Å². The van der Waals surface area contributed by atoms with Crippen LogP contribution in [-0.4, -0.2) is 21.1 Å². The molecule has 8 heteroatoms. The standard InChI is InChI=1S/C21H15N3O4S/c25-17-12-13(22-21(29)24-19(26)10-8-14-4-3-11-27-14)7-9-15(17)20-23-16-5-1-2-6-18(16)28-20/h1-12,25H,(H2,22,24,26,29). The number of phenolic OH excluding ortho intramolecular Hbond substituents is 1. The van der Waals surface area contributed by atoms with Gasteiger partial charge in [-0.2, -0.15) is 0 Å². The quantitative estimate of drug-likeness (QED) is 0.343. The molecule has 0 aliphatic rings. The first kappa shape index (κ1) is 18.5. The zero-order valence-electron chi connectivity index (χ0n) is 15.0. The average Bonchev–Trinajstić information content (AvgIpc) is 3.36. The van der Waals surface area contributed by atoms with Crippen molar-refractivity contribution in [1.29, 1.82) is 0 Å². The van der Waals surface area contributed by atoms with Gasteiger partial charge in [0, 0.05) is 17.8 Å². The zero-order valence-corrected chi connectivity index (χ0v) is 15.8. The fraction of sp³-hybridized carbons (Fsp3) is 0. The van der Waals surface area contributed by atoms with Crippen molar-refractivity contribution in [2.45, 2.75) is 0 Å². The number of benzene rings is 2. The number of furan rings is 1. The van der Waals surface area contributed by atoms with E-state index in [9.17, 15) is 9.90 Å². The maximum absolute atomic E-state index is 11.9. The molecule has 4 aromatic rings. The van der Waals surface area contributed by atoms with E-state index >= 15 is 0 Å². The minimum absolute atomic E-state index is 0.0339. The van der Waals surface area contributed by atoms with Gasteiger partial charge in [0.15, 0.2) is 10.7 Å². The van der Waals surface area contributed by atoms with Crippen molar-refractivity contribution in [3.05, 3.63) is 72.7 Å². The average molecular weight is 405 g/mol. The molecule has 2 heterocycles. The van der Waals surface area contributed by atoms with Crippen molar-refractivity contribution in [2.24, 2.45) is 0 Å². The van der Waals surface area contributed by atoms with Crippen LogP contribution in [0.2, 0.25) is 0 Å². The van der Waals surface area contributed by atoms with Crippen LogP contribution in [0, 0.1) is 0 Å². The zero-order chi connectivity index (χ0) is 20.2. The van der Waals surface area contributed by atoms with Gasteiger partial charge in [-0.15, -0.1) is 0 Å². The number of rotatable bonds is 4. The fourth-order valence-corrected chi connectivity index (χ4v) is 2.86. The van der Waals surface area contributed by atoms with Crippen LogP contribution in [0.15, 0.2) is 75.8 Å². The number of nitrogens with zero attached hydrogens (tertiary/aromatic N) is 1. The number of nitrogens with one attached hydrogen (secondary N) is 2. The highest BCUT2D eigenvalue weighted by atomic mass is 32.1. The van der Waals surface area contributed by atoms with Gasteiger partial charge in [-0.25, -0.2) is 4.98 Å². The Morgan fingerprint density at radius 2 is 2.00 bits per heavy atom. The van der Waals surface area contributed by atoms with Crippen LogP contribution >= 0.6 is 12.2 Å². The number of amides is 1. The molecular weight excluding hydrogens is 390 g/mol. The van der Waals surface area contributed by atoms with E-state index in [-0.39, 0.29) is 10.9 Å². The topological polar surface area (TPSA) is 101 Å². The first-order valence-corrected chi connectivity index (χ1v) is 9.02. The molecule has 144 valence electrons. The van der Waals surface area contributed by atoms with Gasteiger partial charge in [-0.1, -0.05) is 12.1 Å². The van der Waals surface area contributed by atoms with Crippen LogP contribution in [-0.2, 0) is 4.79 Å². The second-order valence-electron chi connectivity index (χ2n) is 6.01. The maximum Gasteiger partial charge on any atom is 0.250 e. The Hall–Kier alpha value is -3.91. The number of hydrogen-bond donors (Lipinski definition) is 3. The molecule has 0 saturated heterocycles. The largest absolute Gasteiger partial charge is 0.507 e. The maximum atomic E-state index is 11.9. The lowest BCUT2D eigenvalue weighted by Gasteiger charge is -2.09. The smallest absolute Gasteiger partial charge is 0.250 e. The van der Waals surface area contributed by atoms with Gasteiger partial charge in [0.25, 0.3) is 0 Å². The van der Waals surface area contributed by atoms with Crippen molar-refractivity contribution < 1.29 is 18.7 Å². The molecular formula is C21H15N3O4S. The number of aromatic nitrogens is 1. The molecule has 2 aromatic carbocycles. The van der Waals surface area contributed by atoms with Crippen LogP contribution in [0.3, 0.4) is 0 Å². The highest BCUT2D eigenvalue weighted by Gasteiger charge is 2.13. The highest BCUT2D eigenvalue weighted by molar-refractivity contribution is 7.80. The first-order valence-electron chi connectivity index (χ1n) is 8.61. The number of aromatic hydroxyl groups is 1. The summed E-state index contributed by atoms with van der Waals surface area (Å²) in [5.74, 6) is 0.424. The summed E-state index contributed by atoms with van der Waals surface area (Å²) < 4.78 is 10.8. The Morgan fingerprint density at radius 1 is 1.14 bits per heavy atom. The van der Waals surface area contributed by atoms with E-state index in [0.29, 0.717) is 34.0 Å². The van der Waals surface area contributed by atoms with Crippen molar-refractivity contribution in [1.82, 2.24) is 10.3 Å². The summed E-state index contributed by atoms with van der Waals surface area (Å²) in [5, 5.41) is 15.8. The van der Waals surface area contributed by atoms with Gasteiger partial charge in [-0.05, 0) is 54.7 Å². The van der Waals surface area contributed by atoms with E-state index < -0.39 is 5.91 Å². The van der Waals surface area contributed by atoms with Crippen LogP contribution in [0.5, 0.6) is 5.75 Å². The highest BCUT2D eigenvalue weighted by Crippen LogP contribution is 2.32. The Labute approximate surface area is 170 Å².